The number of nitrogens with zero attached hydrogens (tertiary/aromatic N) is 2. The first-order chi connectivity index (χ1) is 12.7. The molecule has 1 aromatic heterocycles. The van der Waals surface area contributed by atoms with Gasteiger partial charge in [0.2, 0.25) is 5.89 Å². The minimum Gasteiger partial charge on any atom is -0.497 e. The average molecular weight is 347 g/mol. The second-order valence-corrected chi connectivity index (χ2v) is 5.57. The molecule has 1 amide bonds. The summed E-state index contributed by atoms with van der Waals surface area (Å²) in [4.78, 5) is 16.5. The number of hydrogen-bond donors (Lipinski definition) is 1. The van der Waals surface area contributed by atoms with E-state index in [-0.39, 0.29) is 5.91 Å². The number of oxazole rings is 1. The predicted molar refractivity (Wildman–Crippen MR) is 95.7 cm³/mol. The van der Waals surface area contributed by atoms with Gasteiger partial charge < -0.3 is 14.5 Å². The SMILES string of the molecule is COc1ccc(-c2nc(CCNC(=O)c3cccc(C#N)c3)co2)cc1. The molecule has 6 nitrogen and oxygen atoms in total. The topological polar surface area (TPSA) is 88.1 Å². The maximum Gasteiger partial charge on any atom is 0.251 e. The van der Waals surface area contributed by atoms with Crippen molar-refractivity contribution < 1.29 is 13.9 Å². The number of benzene rings is 2. The summed E-state index contributed by atoms with van der Waals surface area (Å²) in [6.07, 6.45) is 2.13. The van der Waals surface area contributed by atoms with Gasteiger partial charge >= 0.3 is 0 Å². The molecule has 6 heteroatoms. The van der Waals surface area contributed by atoms with Crippen LogP contribution in [-0.4, -0.2) is 24.5 Å². The third-order valence-electron chi connectivity index (χ3n) is 3.81. The Bertz CT molecular complexity index is 939. The van der Waals surface area contributed by atoms with Crippen LogP contribution in [0.4, 0.5) is 0 Å². The Labute approximate surface area is 151 Å². The highest BCUT2D eigenvalue weighted by atomic mass is 16.5. The van der Waals surface area contributed by atoms with Crippen LogP contribution in [0.1, 0.15) is 21.6 Å². The molecule has 0 aliphatic carbocycles. The van der Waals surface area contributed by atoms with Crippen molar-refractivity contribution in [1.29, 1.82) is 5.26 Å². The van der Waals surface area contributed by atoms with Crippen molar-refractivity contribution >= 4 is 5.91 Å². The number of ether oxygens (including phenoxy) is 1. The second kappa shape index (κ2) is 7.99. The predicted octanol–water partition coefficient (Wildman–Crippen LogP) is 3.19. The first-order valence-corrected chi connectivity index (χ1v) is 8.07. The maximum atomic E-state index is 12.1. The van der Waals surface area contributed by atoms with Crippen molar-refractivity contribution in [2.45, 2.75) is 6.42 Å². The smallest absolute Gasteiger partial charge is 0.251 e. The Kier molecular flexibility index (Phi) is 5.30. The summed E-state index contributed by atoms with van der Waals surface area (Å²) in [5.41, 5.74) is 2.53. The van der Waals surface area contributed by atoms with Gasteiger partial charge in [-0.05, 0) is 42.5 Å². The van der Waals surface area contributed by atoms with E-state index in [1.54, 1.807) is 37.6 Å². The van der Waals surface area contributed by atoms with Crippen LogP contribution in [0.25, 0.3) is 11.5 Å². The minimum absolute atomic E-state index is 0.221. The molecule has 3 rings (SSSR count). The van der Waals surface area contributed by atoms with E-state index >= 15 is 0 Å². The summed E-state index contributed by atoms with van der Waals surface area (Å²) in [6, 6.07) is 16.0. The number of carbonyl (C=O) groups excluding carboxylic acids is 1. The normalized spacial score (nSPS) is 10.2. The zero-order chi connectivity index (χ0) is 18.4. The van der Waals surface area contributed by atoms with Gasteiger partial charge in [-0.1, -0.05) is 6.07 Å². The lowest BCUT2D eigenvalue weighted by Gasteiger charge is -2.04. The van der Waals surface area contributed by atoms with Gasteiger partial charge in [0.05, 0.1) is 24.4 Å². The van der Waals surface area contributed by atoms with E-state index in [1.807, 2.05) is 30.3 Å². The number of carbonyl (C=O) groups is 1. The van der Waals surface area contributed by atoms with E-state index in [4.69, 9.17) is 14.4 Å². The van der Waals surface area contributed by atoms with Crippen LogP contribution in [0.3, 0.4) is 0 Å². The molecule has 1 heterocycles. The zero-order valence-corrected chi connectivity index (χ0v) is 14.2. The number of nitrogens with one attached hydrogen (secondary N) is 1. The summed E-state index contributed by atoms with van der Waals surface area (Å²) >= 11 is 0. The molecular weight excluding hydrogens is 330 g/mol. The Morgan fingerprint density at radius 1 is 1.27 bits per heavy atom. The third kappa shape index (κ3) is 4.08. The fraction of sp³-hybridized carbons (Fsp3) is 0.150. The molecular formula is C20H17N3O3. The number of amides is 1. The summed E-state index contributed by atoms with van der Waals surface area (Å²) < 4.78 is 10.6. The molecule has 0 unspecified atom stereocenters. The van der Waals surface area contributed by atoms with Gasteiger partial charge in [-0.3, -0.25) is 4.79 Å². The Balaban J connectivity index is 1.56. The summed E-state index contributed by atoms with van der Waals surface area (Å²) in [6.45, 7) is 0.421. The van der Waals surface area contributed by atoms with Gasteiger partial charge in [-0.25, -0.2) is 4.98 Å². The average Bonchev–Trinajstić information content (AvgIpc) is 3.17. The highest BCUT2D eigenvalue weighted by Crippen LogP contribution is 2.21. The number of hydrogen-bond acceptors (Lipinski definition) is 5. The number of aromatic nitrogens is 1. The highest BCUT2D eigenvalue weighted by Gasteiger charge is 2.09. The monoisotopic (exact) mass is 347 g/mol. The molecule has 2 aromatic carbocycles. The molecule has 3 aromatic rings. The zero-order valence-electron chi connectivity index (χ0n) is 14.2. The molecule has 0 saturated heterocycles. The standard InChI is InChI=1S/C20H17N3O3/c1-25-18-7-5-15(6-8-18)20-23-17(13-26-20)9-10-22-19(24)16-4-2-3-14(11-16)12-21/h2-8,11,13H,9-10H2,1H3,(H,22,24). The number of methoxy groups -OCH3 is 1. The maximum absolute atomic E-state index is 12.1. The molecule has 26 heavy (non-hydrogen) atoms. The molecule has 0 radical (unpaired) electrons. The van der Waals surface area contributed by atoms with Crippen LogP contribution in [0.15, 0.2) is 59.2 Å². The molecule has 0 saturated carbocycles. The summed E-state index contributed by atoms with van der Waals surface area (Å²) in [7, 11) is 1.61. The fourth-order valence-corrected chi connectivity index (χ4v) is 2.42. The van der Waals surface area contributed by atoms with E-state index in [0.717, 1.165) is 17.0 Å². The second-order valence-electron chi connectivity index (χ2n) is 5.57. The molecule has 0 spiro atoms. The van der Waals surface area contributed by atoms with Gasteiger partial charge in [-0.2, -0.15) is 5.26 Å². The van der Waals surface area contributed by atoms with Crippen LogP contribution < -0.4 is 10.1 Å². The van der Waals surface area contributed by atoms with Crippen LogP contribution in [0, 0.1) is 11.3 Å². The highest BCUT2D eigenvalue weighted by molar-refractivity contribution is 5.94. The van der Waals surface area contributed by atoms with Crippen molar-refractivity contribution in [3.63, 3.8) is 0 Å². The quantitative estimate of drug-likeness (QED) is 0.740. The lowest BCUT2D eigenvalue weighted by Crippen LogP contribution is -2.25. The molecule has 0 atom stereocenters. The van der Waals surface area contributed by atoms with Crippen molar-refractivity contribution in [2.24, 2.45) is 0 Å². The number of rotatable bonds is 6. The van der Waals surface area contributed by atoms with Crippen LogP contribution in [0.5, 0.6) is 5.75 Å². The lowest BCUT2D eigenvalue weighted by molar-refractivity contribution is 0.0954. The van der Waals surface area contributed by atoms with Crippen LogP contribution in [-0.2, 0) is 6.42 Å². The fourth-order valence-electron chi connectivity index (χ4n) is 2.42. The molecule has 0 aliphatic rings. The molecule has 0 aliphatic heterocycles. The van der Waals surface area contributed by atoms with Gasteiger partial charge in [0, 0.05) is 24.1 Å². The first kappa shape index (κ1) is 17.2. The molecule has 0 fully saturated rings. The molecule has 0 bridgehead atoms. The van der Waals surface area contributed by atoms with Gasteiger partial charge in [0.15, 0.2) is 0 Å². The largest absolute Gasteiger partial charge is 0.497 e. The van der Waals surface area contributed by atoms with Crippen molar-refractivity contribution in [1.82, 2.24) is 10.3 Å². The van der Waals surface area contributed by atoms with Crippen molar-refractivity contribution in [3.8, 4) is 23.3 Å². The van der Waals surface area contributed by atoms with Crippen LogP contribution in [0.2, 0.25) is 0 Å². The Morgan fingerprint density at radius 3 is 2.81 bits per heavy atom. The minimum atomic E-state index is -0.221. The Hall–Kier alpha value is -3.59. The molecule has 130 valence electrons. The van der Waals surface area contributed by atoms with E-state index in [2.05, 4.69) is 10.3 Å². The molecule has 1 N–H and O–H groups in total. The van der Waals surface area contributed by atoms with E-state index < -0.39 is 0 Å². The van der Waals surface area contributed by atoms with E-state index in [1.165, 1.54) is 0 Å². The van der Waals surface area contributed by atoms with Crippen molar-refractivity contribution in [3.05, 3.63) is 71.6 Å². The van der Waals surface area contributed by atoms with E-state index in [0.29, 0.717) is 30.0 Å². The van der Waals surface area contributed by atoms with E-state index in [9.17, 15) is 4.79 Å². The van der Waals surface area contributed by atoms with Gasteiger partial charge in [-0.15, -0.1) is 0 Å². The number of nitriles is 1. The third-order valence-corrected chi connectivity index (χ3v) is 3.81. The van der Waals surface area contributed by atoms with Crippen LogP contribution >= 0.6 is 0 Å². The Morgan fingerprint density at radius 2 is 2.08 bits per heavy atom. The summed E-state index contributed by atoms with van der Waals surface area (Å²) in [5, 5.41) is 11.7. The van der Waals surface area contributed by atoms with Gasteiger partial charge in [0.1, 0.15) is 12.0 Å². The first-order valence-electron chi connectivity index (χ1n) is 8.07. The summed E-state index contributed by atoms with van der Waals surface area (Å²) in [5.74, 6) is 1.07. The van der Waals surface area contributed by atoms with Gasteiger partial charge in [0.25, 0.3) is 5.91 Å². The van der Waals surface area contributed by atoms with Crippen molar-refractivity contribution in [2.75, 3.05) is 13.7 Å². The lowest BCUT2D eigenvalue weighted by atomic mass is 10.1.